The van der Waals surface area contributed by atoms with Crippen molar-refractivity contribution in [1.29, 1.82) is 10.5 Å². The molecule has 0 unspecified atom stereocenters. The fraction of sp³-hybridized carbons (Fsp3) is 0.125. The van der Waals surface area contributed by atoms with Crippen LogP contribution in [0.2, 0.25) is 0 Å². The van der Waals surface area contributed by atoms with Gasteiger partial charge in [0.25, 0.3) is 0 Å². The molecule has 66 valence electrons. The molecule has 0 spiro atoms. The molecule has 0 aliphatic carbocycles. The molecular weight excluding hydrogens is 180 g/mol. The zero-order valence-electron chi connectivity index (χ0n) is 6.97. The Hall–Kier alpha value is -2.47. The van der Waals surface area contributed by atoms with E-state index in [0.29, 0.717) is 16.9 Å². The third-order valence-corrected chi connectivity index (χ3v) is 1.78. The summed E-state index contributed by atoms with van der Waals surface area (Å²) in [5.74, 6) is -0.888. The topological polar surface area (TPSA) is 102 Å². The minimum absolute atomic E-state index is 0.373. The lowest BCUT2D eigenvalue weighted by atomic mass is 10.1. The van der Waals surface area contributed by atoms with Crippen LogP contribution in [-0.4, -0.2) is 19.9 Å². The zero-order chi connectivity index (χ0) is 9.97. The number of nitriles is 2. The number of hydrogen-bond acceptors (Lipinski definition) is 5. The first kappa shape index (κ1) is 8.14. The van der Waals surface area contributed by atoms with Gasteiger partial charge in [0.15, 0.2) is 11.6 Å². The molecule has 0 fully saturated rings. The van der Waals surface area contributed by atoms with Crippen molar-refractivity contribution >= 4 is 11.2 Å². The maximum atomic E-state index is 8.71. The summed E-state index contributed by atoms with van der Waals surface area (Å²) in [6.45, 7) is 0. The Bertz CT molecular complexity index is 529. The molecule has 1 N–H and O–H groups in total. The molecule has 6 nitrogen and oxygen atoms in total. The maximum absolute atomic E-state index is 8.71. The summed E-state index contributed by atoms with van der Waals surface area (Å²) in [6.07, 6.45) is 2.74. The quantitative estimate of drug-likeness (QED) is 0.694. The van der Waals surface area contributed by atoms with Crippen LogP contribution in [-0.2, 0) is 0 Å². The normalized spacial score (nSPS) is 9.93. The van der Waals surface area contributed by atoms with Gasteiger partial charge in [-0.15, -0.1) is 0 Å². The highest BCUT2D eigenvalue weighted by Gasteiger charge is 2.15. The van der Waals surface area contributed by atoms with Gasteiger partial charge in [-0.2, -0.15) is 10.5 Å². The highest BCUT2D eigenvalue weighted by atomic mass is 15.0. The monoisotopic (exact) mass is 184 g/mol. The van der Waals surface area contributed by atoms with E-state index in [1.54, 1.807) is 0 Å². The van der Waals surface area contributed by atoms with Crippen LogP contribution in [0.3, 0.4) is 0 Å². The summed E-state index contributed by atoms with van der Waals surface area (Å²) >= 11 is 0. The number of imidazole rings is 1. The fourth-order valence-corrected chi connectivity index (χ4v) is 1.15. The first-order valence-corrected chi connectivity index (χ1v) is 3.80. The van der Waals surface area contributed by atoms with Crippen LogP contribution in [0.15, 0.2) is 12.7 Å². The number of hydrogen-bond donors (Lipinski definition) is 1. The van der Waals surface area contributed by atoms with E-state index in [1.807, 2.05) is 12.1 Å². The van der Waals surface area contributed by atoms with E-state index in [1.165, 1.54) is 12.7 Å². The first-order valence-electron chi connectivity index (χ1n) is 3.80. The molecule has 0 aromatic carbocycles. The molecule has 6 heteroatoms. The van der Waals surface area contributed by atoms with Crippen molar-refractivity contribution in [3.8, 4) is 12.1 Å². The van der Waals surface area contributed by atoms with Crippen molar-refractivity contribution in [2.24, 2.45) is 0 Å². The summed E-state index contributed by atoms with van der Waals surface area (Å²) < 4.78 is 0. The third-order valence-electron chi connectivity index (χ3n) is 1.78. The van der Waals surface area contributed by atoms with Gasteiger partial charge in [-0.25, -0.2) is 15.0 Å². The smallest absolute Gasteiger partial charge is 0.180 e. The van der Waals surface area contributed by atoms with Gasteiger partial charge in [0.05, 0.1) is 18.5 Å². The van der Waals surface area contributed by atoms with Gasteiger partial charge in [0, 0.05) is 0 Å². The lowest BCUT2D eigenvalue weighted by Crippen LogP contribution is -1.98. The fourth-order valence-electron chi connectivity index (χ4n) is 1.15. The number of nitrogens with one attached hydrogen (secondary N) is 1. The molecular formula is C8H4N6. The summed E-state index contributed by atoms with van der Waals surface area (Å²) in [6, 6.07) is 3.70. The molecule has 0 saturated heterocycles. The number of nitrogens with zero attached hydrogens (tertiary/aromatic N) is 5. The van der Waals surface area contributed by atoms with Crippen LogP contribution in [0, 0.1) is 22.7 Å². The lowest BCUT2D eigenvalue weighted by molar-refractivity contribution is 1.00. The van der Waals surface area contributed by atoms with Gasteiger partial charge in [-0.1, -0.05) is 0 Å². The average Bonchev–Trinajstić information content (AvgIpc) is 2.68. The Balaban J connectivity index is 2.69. The van der Waals surface area contributed by atoms with Crippen LogP contribution in [0.4, 0.5) is 0 Å². The van der Waals surface area contributed by atoms with Gasteiger partial charge in [0.1, 0.15) is 17.5 Å². The largest absolute Gasteiger partial charge is 0.342 e. The van der Waals surface area contributed by atoms with E-state index in [0.717, 1.165) is 0 Å². The Morgan fingerprint density at radius 2 is 2.00 bits per heavy atom. The highest BCUT2D eigenvalue weighted by molar-refractivity contribution is 5.73. The summed E-state index contributed by atoms with van der Waals surface area (Å²) in [5.41, 5.74) is 1.38. The minimum Gasteiger partial charge on any atom is -0.342 e. The van der Waals surface area contributed by atoms with E-state index in [-0.39, 0.29) is 0 Å². The Kier molecular flexibility index (Phi) is 1.81. The first-order chi connectivity index (χ1) is 6.86. The number of aromatic nitrogens is 4. The summed E-state index contributed by atoms with van der Waals surface area (Å²) in [7, 11) is 0. The zero-order valence-corrected chi connectivity index (χ0v) is 6.97. The Morgan fingerprint density at radius 1 is 1.21 bits per heavy atom. The van der Waals surface area contributed by atoms with Gasteiger partial charge >= 0.3 is 0 Å². The van der Waals surface area contributed by atoms with Gasteiger partial charge in [0.2, 0.25) is 0 Å². The molecule has 0 aliphatic heterocycles. The second-order valence-electron chi connectivity index (χ2n) is 2.55. The number of rotatable bonds is 1. The molecule has 2 aromatic heterocycles. The second-order valence-corrected chi connectivity index (χ2v) is 2.55. The molecule has 0 saturated carbocycles. The highest BCUT2D eigenvalue weighted by Crippen LogP contribution is 2.17. The molecule has 0 radical (unpaired) electrons. The Labute approximate surface area is 78.9 Å². The molecule has 0 bridgehead atoms. The Morgan fingerprint density at radius 3 is 2.71 bits per heavy atom. The van der Waals surface area contributed by atoms with E-state index < -0.39 is 5.92 Å². The van der Waals surface area contributed by atoms with Crippen LogP contribution in [0.1, 0.15) is 11.6 Å². The molecule has 2 heterocycles. The standard InChI is InChI=1S/C8H4N6/c9-1-5(2-10)6-7-8(13-3-11-6)14-4-12-7/h3-5H,(H,11,12,13,14). The summed E-state index contributed by atoms with van der Waals surface area (Å²) in [5, 5.41) is 17.4. The molecule has 0 aliphatic rings. The molecule has 0 amide bonds. The predicted octanol–water partition coefficient (Wildman–Crippen LogP) is 0.484. The minimum atomic E-state index is -0.888. The molecule has 2 aromatic rings. The van der Waals surface area contributed by atoms with Crippen molar-refractivity contribution < 1.29 is 0 Å². The lowest BCUT2D eigenvalue weighted by Gasteiger charge is -1.98. The average molecular weight is 184 g/mol. The van der Waals surface area contributed by atoms with Crippen molar-refractivity contribution in [2.75, 3.05) is 0 Å². The maximum Gasteiger partial charge on any atom is 0.180 e. The van der Waals surface area contributed by atoms with Crippen molar-refractivity contribution in [3.05, 3.63) is 18.3 Å². The van der Waals surface area contributed by atoms with Gasteiger partial charge in [-0.05, 0) is 0 Å². The van der Waals surface area contributed by atoms with E-state index >= 15 is 0 Å². The molecule has 14 heavy (non-hydrogen) atoms. The molecule has 0 atom stereocenters. The SMILES string of the molecule is N#CC(C#N)c1ncnc2nc[nH]c12. The second kappa shape index (κ2) is 3.11. The van der Waals surface area contributed by atoms with Gasteiger partial charge in [-0.3, -0.25) is 0 Å². The summed E-state index contributed by atoms with van der Waals surface area (Å²) in [4.78, 5) is 14.5. The van der Waals surface area contributed by atoms with E-state index in [2.05, 4.69) is 19.9 Å². The van der Waals surface area contributed by atoms with E-state index in [4.69, 9.17) is 10.5 Å². The van der Waals surface area contributed by atoms with Gasteiger partial charge < -0.3 is 4.98 Å². The number of aromatic amines is 1. The predicted molar refractivity (Wildman–Crippen MR) is 45.7 cm³/mol. The van der Waals surface area contributed by atoms with E-state index in [9.17, 15) is 0 Å². The molecule has 2 rings (SSSR count). The van der Waals surface area contributed by atoms with Crippen LogP contribution >= 0.6 is 0 Å². The van der Waals surface area contributed by atoms with Crippen molar-refractivity contribution in [3.63, 3.8) is 0 Å². The van der Waals surface area contributed by atoms with Crippen molar-refractivity contribution in [1.82, 2.24) is 19.9 Å². The van der Waals surface area contributed by atoms with Crippen LogP contribution in [0.5, 0.6) is 0 Å². The van der Waals surface area contributed by atoms with Crippen LogP contribution in [0.25, 0.3) is 11.2 Å². The van der Waals surface area contributed by atoms with Crippen molar-refractivity contribution in [2.45, 2.75) is 5.92 Å². The number of H-pyrrole nitrogens is 1. The van der Waals surface area contributed by atoms with Crippen LogP contribution < -0.4 is 0 Å². The third kappa shape index (κ3) is 1.06. The number of fused-ring (bicyclic) bond motifs is 1.